The number of rotatable bonds is 3. The Kier molecular flexibility index (Phi) is 3.04. The van der Waals surface area contributed by atoms with E-state index in [4.69, 9.17) is 0 Å². The average Bonchev–Trinajstić information content (AvgIpc) is 3.05. The smallest absolute Gasteiger partial charge is 0.314 e. The Labute approximate surface area is 118 Å². The summed E-state index contributed by atoms with van der Waals surface area (Å²) in [6.07, 6.45) is 5.29. The van der Waals surface area contributed by atoms with E-state index in [1.54, 1.807) is 0 Å². The normalized spacial score (nSPS) is 17.9. The maximum atomic E-state index is 11.7. The van der Waals surface area contributed by atoms with E-state index in [1.165, 1.54) is 0 Å². The van der Waals surface area contributed by atoms with Gasteiger partial charge >= 0.3 is 5.97 Å². The molecule has 1 aromatic heterocycles. The molecular weight excluding hydrogens is 252 g/mol. The predicted octanol–water partition coefficient (Wildman–Crippen LogP) is 3.51. The van der Waals surface area contributed by atoms with Crippen LogP contribution in [0.25, 0.3) is 11.0 Å². The standard InChI is InChI=1S/C16H20N2O2/c1-11(2)18-10-17-13-9-12(5-6-14(13)18)16(15(19)20)7-3-4-8-16/h5-6,9-11H,3-4,7-8H2,1-2H3,(H,19,20). The minimum Gasteiger partial charge on any atom is -0.481 e. The third kappa shape index (κ3) is 1.82. The summed E-state index contributed by atoms with van der Waals surface area (Å²) in [6, 6.07) is 6.31. The third-order valence-corrected chi connectivity index (χ3v) is 4.55. The highest BCUT2D eigenvalue weighted by Gasteiger charge is 2.43. The monoisotopic (exact) mass is 272 g/mol. The van der Waals surface area contributed by atoms with Crippen molar-refractivity contribution in [2.24, 2.45) is 0 Å². The molecule has 0 unspecified atom stereocenters. The van der Waals surface area contributed by atoms with Gasteiger partial charge in [-0.25, -0.2) is 4.98 Å². The molecule has 0 amide bonds. The highest BCUT2D eigenvalue weighted by molar-refractivity contribution is 5.85. The number of hydrogen-bond donors (Lipinski definition) is 1. The first-order valence-corrected chi connectivity index (χ1v) is 7.25. The molecule has 0 aliphatic heterocycles. The lowest BCUT2D eigenvalue weighted by atomic mass is 9.79. The van der Waals surface area contributed by atoms with E-state index in [-0.39, 0.29) is 0 Å². The van der Waals surface area contributed by atoms with Gasteiger partial charge in [0.15, 0.2) is 0 Å². The summed E-state index contributed by atoms with van der Waals surface area (Å²) < 4.78 is 2.11. The number of carboxylic acid groups (broad SMARTS) is 1. The Bertz CT molecular complexity index is 652. The van der Waals surface area contributed by atoms with Gasteiger partial charge in [0.05, 0.1) is 22.8 Å². The molecule has 0 radical (unpaired) electrons. The van der Waals surface area contributed by atoms with Crippen LogP contribution in [0.4, 0.5) is 0 Å². The van der Waals surface area contributed by atoms with Crippen LogP contribution in [0, 0.1) is 0 Å². The number of nitrogens with zero attached hydrogens (tertiary/aromatic N) is 2. The van der Waals surface area contributed by atoms with E-state index < -0.39 is 11.4 Å². The van der Waals surface area contributed by atoms with E-state index >= 15 is 0 Å². The molecule has 0 atom stereocenters. The SMILES string of the molecule is CC(C)n1cnc2cc(C3(C(=O)O)CCCC3)ccc21. The van der Waals surface area contributed by atoms with Gasteiger partial charge in [-0.3, -0.25) is 4.79 Å². The van der Waals surface area contributed by atoms with E-state index in [2.05, 4.69) is 23.4 Å². The van der Waals surface area contributed by atoms with Crippen LogP contribution in [-0.4, -0.2) is 20.6 Å². The molecule has 20 heavy (non-hydrogen) atoms. The fourth-order valence-corrected chi connectivity index (χ4v) is 3.35. The van der Waals surface area contributed by atoms with E-state index in [1.807, 2.05) is 24.5 Å². The first-order valence-electron chi connectivity index (χ1n) is 7.25. The number of aromatic nitrogens is 2. The lowest BCUT2D eigenvalue weighted by molar-refractivity contribution is -0.143. The molecule has 1 aliphatic carbocycles. The second-order valence-electron chi connectivity index (χ2n) is 6.04. The Morgan fingerprint density at radius 2 is 2.05 bits per heavy atom. The van der Waals surface area contributed by atoms with Gasteiger partial charge in [0.1, 0.15) is 0 Å². The molecule has 2 aromatic rings. The molecule has 3 rings (SSSR count). The molecule has 4 nitrogen and oxygen atoms in total. The Hall–Kier alpha value is -1.84. The van der Waals surface area contributed by atoms with Gasteiger partial charge in [-0.15, -0.1) is 0 Å². The highest BCUT2D eigenvalue weighted by atomic mass is 16.4. The van der Waals surface area contributed by atoms with Crippen LogP contribution in [0.5, 0.6) is 0 Å². The molecule has 0 bridgehead atoms. The summed E-state index contributed by atoms with van der Waals surface area (Å²) in [7, 11) is 0. The van der Waals surface area contributed by atoms with Crippen molar-refractivity contribution in [3.05, 3.63) is 30.1 Å². The Balaban J connectivity index is 2.11. The highest BCUT2D eigenvalue weighted by Crippen LogP contribution is 2.42. The quantitative estimate of drug-likeness (QED) is 0.930. The van der Waals surface area contributed by atoms with Gasteiger partial charge in [0.2, 0.25) is 0 Å². The maximum absolute atomic E-state index is 11.7. The van der Waals surface area contributed by atoms with Crippen molar-refractivity contribution in [2.75, 3.05) is 0 Å². The number of imidazole rings is 1. The molecule has 106 valence electrons. The molecular formula is C16H20N2O2. The summed E-state index contributed by atoms with van der Waals surface area (Å²) in [5.41, 5.74) is 2.17. The lowest BCUT2D eigenvalue weighted by Gasteiger charge is -2.24. The summed E-state index contributed by atoms with van der Waals surface area (Å²) in [5, 5.41) is 9.66. The maximum Gasteiger partial charge on any atom is 0.314 e. The van der Waals surface area contributed by atoms with Gasteiger partial charge in [-0.05, 0) is 44.4 Å². The number of fused-ring (bicyclic) bond motifs is 1. The molecule has 0 saturated heterocycles. The van der Waals surface area contributed by atoms with Crippen LogP contribution < -0.4 is 0 Å². The molecule has 1 aliphatic rings. The molecule has 1 fully saturated rings. The van der Waals surface area contributed by atoms with Crippen LogP contribution in [0.3, 0.4) is 0 Å². The zero-order valence-corrected chi connectivity index (χ0v) is 12.0. The minimum absolute atomic E-state index is 0.353. The Morgan fingerprint density at radius 1 is 1.35 bits per heavy atom. The van der Waals surface area contributed by atoms with Crippen LogP contribution in [0.2, 0.25) is 0 Å². The molecule has 4 heteroatoms. The Morgan fingerprint density at radius 3 is 2.65 bits per heavy atom. The van der Waals surface area contributed by atoms with Crippen molar-refractivity contribution >= 4 is 17.0 Å². The minimum atomic E-state index is -0.699. The average molecular weight is 272 g/mol. The number of hydrogen-bond acceptors (Lipinski definition) is 2. The summed E-state index contributed by atoms with van der Waals surface area (Å²) in [5.74, 6) is -0.697. The van der Waals surface area contributed by atoms with Crippen molar-refractivity contribution < 1.29 is 9.90 Å². The first-order chi connectivity index (χ1) is 9.54. The number of carbonyl (C=O) groups is 1. The topological polar surface area (TPSA) is 55.1 Å². The van der Waals surface area contributed by atoms with Crippen molar-refractivity contribution in [3.63, 3.8) is 0 Å². The summed E-state index contributed by atoms with van der Waals surface area (Å²) >= 11 is 0. The van der Waals surface area contributed by atoms with Gasteiger partial charge < -0.3 is 9.67 Å². The second-order valence-corrected chi connectivity index (χ2v) is 6.04. The largest absolute Gasteiger partial charge is 0.481 e. The fraction of sp³-hybridized carbons (Fsp3) is 0.500. The molecule has 1 saturated carbocycles. The van der Waals surface area contributed by atoms with E-state index in [0.717, 1.165) is 42.3 Å². The van der Waals surface area contributed by atoms with Crippen molar-refractivity contribution in [2.45, 2.75) is 51.0 Å². The summed E-state index contributed by atoms with van der Waals surface area (Å²) in [4.78, 5) is 16.2. The zero-order valence-electron chi connectivity index (χ0n) is 12.0. The van der Waals surface area contributed by atoms with Gasteiger partial charge in [-0.2, -0.15) is 0 Å². The lowest BCUT2D eigenvalue weighted by Crippen LogP contribution is -2.32. The van der Waals surface area contributed by atoms with Crippen LogP contribution >= 0.6 is 0 Å². The van der Waals surface area contributed by atoms with Crippen LogP contribution in [0.15, 0.2) is 24.5 Å². The second kappa shape index (κ2) is 4.62. The van der Waals surface area contributed by atoms with Crippen molar-refractivity contribution in [1.29, 1.82) is 0 Å². The van der Waals surface area contributed by atoms with Gasteiger partial charge in [-0.1, -0.05) is 18.9 Å². The predicted molar refractivity (Wildman–Crippen MR) is 77.9 cm³/mol. The fourth-order valence-electron chi connectivity index (χ4n) is 3.35. The van der Waals surface area contributed by atoms with E-state index in [9.17, 15) is 9.90 Å². The molecule has 1 aromatic carbocycles. The molecule has 1 N–H and O–H groups in total. The van der Waals surface area contributed by atoms with Crippen LogP contribution in [0.1, 0.15) is 51.1 Å². The molecule has 0 spiro atoms. The third-order valence-electron chi connectivity index (χ3n) is 4.55. The first kappa shape index (κ1) is 13.2. The number of aliphatic carboxylic acids is 1. The van der Waals surface area contributed by atoms with Crippen molar-refractivity contribution in [1.82, 2.24) is 9.55 Å². The number of benzene rings is 1. The van der Waals surface area contributed by atoms with Gasteiger partial charge in [0.25, 0.3) is 0 Å². The van der Waals surface area contributed by atoms with Crippen LogP contribution in [-0.2, 0) is 10.2 Å². The summed E-state index contributed by atoms with van der Waals surface area (Å²) in [6.45, 7) is 4.23. The van der Waals surface area contributed by atoms with Crippen molar-refractivity contribution in [3.8, 4) is 0 Å². The van der Waals surface area contributed by atoms with E-state index in [0.29, 0.717) is 6.04 Å². The zero-order chi connectivity index (χ0) is 14.3. The van der Waals surface area contributed by atoms with Gasteiger partial charge in [0, 0.05) is 6.04 Å². The molecule has 1 heterocycles. The number of carboxylic acids is 1.